The summed E-state index contributed by atoms with van der Waals surface area (Å²) in [6.07, 6.45) is 0.963. The van der Waals surface area contributed by atoms with Crippen molar-refractivity contribution < 1.29 is 14.3 Å². The fourth-order valence-electron chi connectivity index (χ4n) is 2.52. The minimum absolute atomic E-state index is 0.161. The van der Waals surface area contributed by atoms with Crippen molar-refractivity contribution in [2.24, 2.45) is 0 Å². The highest BCUT2D eigenvalue weighted by molar-refractivity contribution is 5.97. The number of rotatable bonds is 5. The Labute approximate surface area is 118 Å². The number of Topliss-reactive ketones (excluding diaryl/α,β-unsaturated/α-hetero) is 1. The van der Waals surface area contributed by atoms with E-state index in [2.05, 4.69) is 9.80 Å². The summed E-state index contributed by atoms with van der Waals surface area (Å²) in [5.74, 6) is -0.618. The van der Waals surface area contributed by atoms with Crippen LogP contribution in [0.5, 0.6) is 0 Å². The lowest BCUT2D eigenvalue weighted by Gasteiger charge is -2.20. The molecule has 110 valence electrons. The predicted molar refractivity (Wildman–Crippen MR) is 75.3 cm³/mol. The summed E-state index contributed by atoms with van der Waals surface area (Å²) in [6, 6.07) is 6.12. The van der Waals surface area contributed by atoms with E-state index in [0.29, 0.717) is 6.54 Å². The van der Waals surface area contributed by atoms with Crippen molar-refractivity contribution >= 4 is 5.78 Å². The van der Waals surface area contributed by atoms with Crippen LogP contribution >= 0.6 is 0 Å². The van der Waals surface area contributed by atoms with Crippen molar-refractivity contribution in [3.63, 3.8) is 0 Å². The Morgan fingerprint density at radius 3 is 2.60 bits per heavy atom. The van der Waals surface area contributed by atoms with Gasteiger partial charge in [0.05, 0.1) is 18.7 Å². The molecule has 1 fully saturated rings. The average molecular weight is 280 g/mol. The molecule has 4 nitrogen and oxygen atoms in total. The van der Waals surface area contributed by atoms with Crippen molar-refractivity contribution in [2.75, 3.05) is 45.9 Å². The normalized spacial score (nSPS) is 17.9. The number of carbonyl (C=O) groups is 1. The van der Waals surface area contributed by atoms with E-state index in [9.17, 15) is 9.18 Å². The summed E-state index contributed by atoms with van der Waals surface area (Å²) in [6.45, 7) is 4.48. The van der Waals surface area contributed by atoms with Gasteiger partial charge in [-0.15, -0.1) is 0 Å². The topological polar surface area (TPSA) is 43.8 Å². The number of ketones is 1. The molecule has 0 amide bonds. The van der Waals surface area contributed by atoms with Crippen LogP contribution in [0.15, 0.2) is 24.3 Å². The van der Waals surface area contributed by atoms with Crippen LogP contribution in [0.3, 0.4) is 0 Å². The SMILES string of the molecule is O=C(CN1CCCN(CCO)CC1)c1ccccc1F. The summed E-state index contributed by atoms with van der Waals surface area (Å²) >= 11 is 0. The first-order valence-electron chi connectivity index (χ1n) is 7.04. The van der Waals surface area contributed by atoms with Crippen molar-refractivity contribution in [2.45, 2.75) is 6.42 Å². The maximum atomic E-state index is 13.6. The average Bonchev–Trinajstić information content (AvgIpc) is 2.65. The highest BCUT2D eigenvalue weighted by atomic mass is 19.1. The predicted octanol–water partition coefficient (Wildman–Crippen LogP) is 1.01. The van der Waals surface area contributed by atoms with E-state index in [4.69, 9.17) is 5.11 Å². The van der Waals surface area contributed by atoms with Gasteiger partial charge in [0.2, 0.25) is 0 Å². The first kappa shape index (κ1) is 15.1. The highest BCUT2D eigenvalue weighted by Crippen LogP contribution is 2.09. The van der Waals surface area contributed by atoms with Gasteiger partial charge in [-0.25, -0.2) is 4.39 Å². The van der Waals surface area contributed by atoms with Gasteiger partial charge in [0.25, 0.3) is 0 Å². The maximum absolute atomic E-state index is 13.6. The van der Waals surface area contributed by atoms with Crippen LogP contribution in [0.25, 0.3) is 0 Å². The second kappa shape index (κ2) is 7.47. The van der Waals surface area contributed by atoms with E-state index in [0.717, 1.165) is 32.6 Å². The van der Waals surface area contributed by atoms with Gasteiger partial charge in [-0.3, -0.25) is 14.6 Å². The van der Waals surface area contributed by atoms with Crippen LogP contribution in [0, 0.1) is 5.82 Å². The Balaban J connectivity index is 1.90. The van der Waals surface area contributed by atoms with E-state index in [-0.39, 0.29) is 24.5 Å². The van der Waals surface area contributed by atoms with Crippen LogP contribution in [0.1, 0.15) is 16.8 Å². The van der Waals surface area contributed by atoms with Crippen LogP contribution in [0.4, 0.5) is 4.39 Å². The van der Waals surface area contributed by atoms with Crippen molar-refractivity contribution in [1.29, 1.82) is 0 Å². The molecule has 0 unspecified atom stereocenters. The molecule has 1 aliphatic rings. The molecule has 0 atom stereocenters. The third-order valence-corrected chi connectivity index (χ3v) is 3.64. The summed E-state index contributed by atoms with van der Waals surface area (Å²) < 4.78 is 13.6. The van der Waals surface area contributed by atoms with Crippen LogP contribution < -0.4 is 0 Å². The molecule has 0 saturated carbocycles. The van der Waals surface area contributed by atoms with Crippen molar-refractivity contribution in [3.8, 4) is 0 Å². The Morgan fingerprint density at radius 2 is 1.85 bits per heavy atom. The van der Waals surface area contributed by atoms with Gasteiger partial charge in [-0.2, -0.15) is 0 Å². The third-order valence-electron chi connectivity index (χ3n) is 3.64. The smallest absolute Gasteiger partial charge is 0.179 e. The van der Waals surface area contributed by atoms with Gasteiger partial charge >= 0.3 is 0 Å². The molecule has 1 N–H and O–H groups in total. The molecule has 0 radical (unpaired) electrons. The molecule has 5 heteroatoms. The van der Waals surface area contributed by atoms with Gasteiger partial charge < -0.3 is 5.11 Å². The second-order valence-electron chi connectivity index (χ2n) is 5.10. The van der Waals surface area contributed by atoms with Gasteiger partial charge in [-0.1, -0.05) is 12.1 Å². The maximum Gasteiger partial charge on any atom is 0.179 e. The molecule has 20 heavy (non-hydrogen) atoms. The number of carbonyl (C=O) groups excluding carboxylic acids is 1. The van der Waals surface area contributed by atoms with Crippen LogP contribution in [-0.4, -0.2) is 66.6 Å². The van der Waals surface area contributed by atoms with Crippen LogP contribution in [-0.2, 0) is 0 Å². The van der Waals surface area contributed by atoms with Gasteiger partial charge in [-0.05, 0) is 31.6 Å². The number of β-amino-alcohol motifs (C(OH)–C–C–N with tert-alkyl or cyclic N) is 1. The van der Waals surface area contributed by atoms with Gasteiger partial charge in [0, 0.05) is 19.6 Å². The van der Waals surface area contributed by atoms with E-state index in [1.54, 1.807) is 12.1 Å². The molecular formula is C15H21FN2O2. The van der Waals surface area contributed by atoms with E-state index in [1.165, 1.54) is 12.1 Å². The fourth-order valence-corrected chi connectivity index (χ4v) is 2.52. The molecule has 2 rings (SSSR count). The summed E-state index contributed by atoms with van der Waals surface area (Å²) in [4.78, 5) is 16.4. The number of hydrogen-bond donors (Lipinski definition) is 1. The number of aliphatic hydroxyl groups is 1. The largest absolute Gasteiger partial charge is 0.395 e. The number of aliphatic hydroxyl groups excluding tert-OH is 1. The minimum Gasteiger partial charge on any atom is -0.395 e. The first-order valence-corrected chi connectivity index (χ1v) is 7.04. The number of hydrogen-bond acceptors (Lipinski definition) is 4. The molecule has 0 aromatic heterocycles. The molecule has 1 heterocycles. The number of benzene rings is 1. The number of halogens is 1. The summed E-state index contributed by atoms with van der Waals surface area (Å²) in [5, 5.41) is 8.95. The van der Waals surface area contributed by atoms with Crippen molar-refractivity contribution in [3.05, 3.63) is 35.6 Å². The zero-order valence-corrected chi connectivity index (χ0v) is 11.6. The molecule has 1 aliphatic heterocycles. The minimum atomic E-state index is -0.450. The van der Waals surface area contributed by atoms with E-state index < -0.39 is 5.82 Å². The highest BCUT2D eigenvalue weighted by Gasteiger charge is 2.18. The quantitative estimate of drug-likeness (QED) is 0.818. The van der Waals surface area contributed by atoms with Crippen molar-refractivity contribution in [1.82, 2.24) is 9.80 Å². The monoisotopic (exact) mass is 280 g/mol. The van der Waals surface area contributed by atoms with Gasteiger partial charge in [0.15, 0.2) is 5.78 Å². The zero-order chi connectivity index (χ0) is 14.4. The fraction of sp³-hybridized carbons (Fsp3) is 0.533. The van der Waals surface area contributed by atoms with E-state index >= 15 is 0 Å². The van der Waals surface area contributed by atoms with E-state index in [1.807, 2.05) is 0 Å². The number of nitrogens with zero attached hydrogens (tertiary/aromatic N) is 2. The molecule has 1 aromatic carbocycles. The Morgan fingerprint density at radius 1 is 1.15 bits per heavy atom. The summed E-state index contributed by atoms with van der Waals surface area (Å²) in [5.41, 5.74) is 0.170. The molecule has 0 spiro atoms. The summed E-state index contributed by atoms with van der Waals surface area (Å²) in [7, 11) is 0. The molecule has 0 aliphatic carbocycles. The standard InChI is InChI=1S/C15H21FN2O2/c16-14-5-2-1-4-13(14)15(20)12-18-7-3-6-17(8-9-18)10-11-19/h1-2,4-5,19H,3,6-12H2. The molecule has 0 bridgehead atoms. The third kappa shape index (κ3) is 4.10. The Hall–Kier alpha value is -1.30. The molecular weight excluding hydrogens is 259 g/mol. The Kier molecular flexibility index (Phi) is 5.64. The lowest BCUT2D eigenvalue weighted by molar-refractivity contribution is 0.0928. The van der Waals surface area contributed by atoms with Gasteiger partial charge in [0.1, 0.15) is 5.82 Å². The molecule has 1 aromatic rings. The lowest BCUT2D eigenvalue weighted by Crippen LogP contribution is -2.35. The Bertz CT molecular complexity index is 453. The second-order valence-corrected chi connectivity index (χ2v) is 5.10. The molecule has 1 saturated heterocycles. The zero-order valence-electron chi connectivity index (χ0n) is 11.6. The lowest BCUT2D eigenvalue weighted by atomic mass is 10.1. The van der Waals surface area contributed by atoms with Crippen LogP contribution in [0.2, 0.25) is 0 Å². The first-order chi connectivity index (χ1) is 9.70.